The lowest BCUT2D eigenvalue weighted by molar-refractivity contribution is -0.0326. The molecular weight excluding hydrogens is 306 g/mol. The van der Waals surface area contributed by atoms with Gasteiger partial charge >= 0.3 is 6.03 Å². The Morgan fingerprint density at radius 3 is 1.92 bits per heavy atom. The van der Waals surface area contributed by atoms with Crippen LogP contribution in [0.2, 0.25) is 0 Å². The molecule has 0 aliphatic rings. The van der Waals surface area contributed by atoms with E-state index < -0.39 is 11.3 Å². The van der Waals surface area contributed by atoms with Crippen LogP contribution < -0.4 is 16.2 Å². The van der Waals surface area contributed by atoms with Gasteiger partial charge in [-0.15, -0.1) is 0 Å². The number of urea groups is 1. The number of rotatable bonds is 7. The van der Waals surface area contributed by atoms with Gasteiger partial charge in [0.15, 0.2) is 5.66 Å². The Bertz CT molecular complexity index is 435. The first-order valence-electron chi connectivity index (χ1n) is 8.51. The van der Waals surface area contributed by atoms with Gasteiger partial charge in [-0.05, 0) is 69.2 Å². The van der Waals surface area contributed by atoms with E-state index in [9.17, 15) is 4.79 Å². The van der Waals surface area contributed by atoms with Gasteiger partial charge in [0, 0.05) is 18.6 Å². The lowest BCUT2D eigenvalue weighted by Gasteiger charge is -2.35. The highest BCUT2D eigenvalue weighted by molar-refractivity contribution is 5.74. The summed E-state index contributed by atoms with van der Waals surface area (Å²) in [6, 6.07) is -0.354. The number of hydrogen-bond donors (Lipinski definition) is 3. The van der Waals surface area contributed by atoms with Gasteiger partial charge < -0.3 is 10.1 Å². The standard InChI is InChI=1S/C17H37N5O2/c1-11-24-16(8,9)12-17(10,22-21-15(5,6)7)18-13(23)19-20-14(2,3)4/h20H,11-12H2,1-10H3,(H2,18,19,23)/b22-21+. The molecule has 1 atom stereocenters. The third kappa shape index (κ3) is 11.3. The Morgan fingerprint density at radius 2 is 1.50 bits per heavy atom. The summed E-state index contributed by atoms with van der Waals surface area (Å²) in [5.41, 5.74) is 3.72. The van der Waals surface area contributed by atoms with Gasteiger partial charge in [0.2, 0.25) is 0 Å². The lowest BCUT2D eigenvalue weighted by Crippen LogP contribution is -2.58. The average Bonchev–Trinajstić information content (AvgIpc) is 2.31. The number of nitrogens with one attached hydrogen (secondary N) is 3. The van der Waals surface area contributed by atoms with Crippen LogP contribution in [0.25, 0.3) is 0 Å². The molecule has 142 valence electrons. The van der Waals surface area contributed by atoms with Crippen molar-refractivity contribution < 1.29 is 9.53 Å². The van der Waals surface area contributed by atoms with Crippen molar-refractivity contribution >= 4 is 6.03 Å². The van der Waals surface area contributed by atoms with Gasteiger partial charge in [0.1, 0.15) is 0 Å². The molecule has 0 aromatic rings. The maximum absolute atomic E-state index is 12.2. The molecular formula is C17H37N5O2. The summed E-state index contributed by atoms with van der Waals surface area (Å²) in [5, 5.41) is 11.7. The minimum absolute atomic E-state index is 0.231. The molecule has 0 aliphatic heterocycles. The molecule has 24 heavy (non-hydrogen) atoms. The molecule has 2 amide bonds. The van der Waals surface area contributed by atoms with Gasteiger partial charge in [-0.2, -0.15) is 10.2 Å². The smallest absolute Gasteiger partial charge is 0.331 e. The topological polar surface area (TPSA) is 87.1 Å². The third-order valence-corrected chi connectivity index (χ3v) is 2.81. The fraction of sp³-hybridized carbons (Fsp3) is 0.941. The van der Waals surface area contributed by atoms with Crippen molar-refractivity contribution in [1.29, 1.82) is 0 Å². The molecule has 0 radical (unpaired) electrons. The van der Waals surface area contributed by atoms with Crippen molar-refractivity contribution in [3.8, 4) is 0 Å². The summed E-state index contributed by atoms with van der Waals surface area (Å²) in [4.78, 5) is 12.2. The van der Waals surface area contributed by atoms with Crippen molar-refractivity contribution in [2.24, 2.45) is 10.2 Å². The van der Waals surface area contributed by atoms with Gasteiger partial charge in [-0.25, -0.2) is 10.2 Å². The minimum Gasteiger partial charge on any atom is -0.376 e. The molecule has 7 nitrogen and oxygen atoms in total. The van der Waals surface area contributed by atoms with Gasteiger partial charge in [-0.3, -0.25) is 5.43 Å². The molecule has 3 N–H and O–H groups in total. The van der Waals surface area contributed by atoms with Gasteiger partial charge in [0.25, 0.3) is 0 Å². The normalized spacial score (nSPS) is 16.1. The summed E-state index contributed by atoms with van der Waals surface area (Å²) in [6.45, 7) is 20.1. The molecule has 0 aromatic heterocycles. The van der Waals surface area contributed by atoms with Gasteiger partial charge in [-0.1, -0.05) is 0 Å². The van der Waals surface area contributed by atoms with E-state index in [-0.39, 0.29) is 17.1 Å². The second kappa shape index (κ2) is 8.25. The summed E-state index contributed by atoms with van der Waals surface area (Å²) in [5.74, 6) is 0. The number of carbonyl (C=O) groups is 1. The summed E-state index contributed by atoms with van der Waals surface area (Å²) in [7, 11) is 0. The molecule has 0 aromatic carbocycles. The minimum atomic E-state index is -0.879. The Morgan fingerprint density at radius 1 is 0.958 bits per heavy atom. The van der Waals surface area contributed by atoms with Crippen molar-refractivity contribution in [3.63, 3.8) is 0 Å². The van der Waals surface area contributed by atoms with Crippen LogP contribution in [-0.2, 0) is 4.74 Å². The van der Waals surface area contributed by atoms with E-state index in [1.54, 1.807) is 0 Å². The first-order chi connectivity index (χ1) is 10.6. The van der Waals surface area contributed by atoms with Gasteiger partial charge in [0.05, 0.1) is 11.1 Å². The van der Waals surface area contributed by atoms with Crippen LogP contribution in [0.3, 0.4) is 0 Å². The molecule has 0 bridgehead atoms. The highest BCUT2D eigenvalue weighted by Gasteiger charge is 2.35. The fourth-order valence-electron chi connectivity index (χ4n) is 2.16. The maximum Gasteiger partial charge on any atom is 0.331 e. The first-order valence-corrected chi connectivity index (χ1v) is 8.51. The van der Waals surface area contributed by atoms with E-state index in [4.69, 9.17) is 4.74 Å². The van der Waals surface area contributed by atoms with E-state index in [0.29, 0.717) is 13.0 Å². The molecule has 0 heterocycles. The zero-order chi connectivity index (χ0) is 19.2. The number of hydrazine groups is 1. The Hall–Kier alpha value is -1.21. The van der Waals surface area contributed by atoms with E-state index in [1.807, 2.05) is 69.2 Å². The number of azo groups is 1. The molecule has 0 rings (SSSR count). The highest BCUT2D eigenvalue weighted by atomic mass is 16.5. The van der Waals surface area contributed by atoms with Crippen molar-refractivity contribution in [1.82, 2.24) is 16.2 Å². The van der Waals surface area contributed by atoms with Crippen LogP contribution in [0.5, 0.6) is 0 Å². The van der Waals surface area contributed by atoms with Crippen molar-refractivity contribution in [2.75, 3.05) is 6.61 Å². The average molecular weight is 344 g/mol. The van der Waals surface area contributed by atoms with Crippen LogP contribution in [0, 0.1) is 0 Å². The van der Waals surface area contributed by atoms with E-state index in [0.717, 1.165) is 0 Å². The summed E-state index contributed by atoms with van der Waals surface area (Å²) in [6.07, 6.45) is 0.496. The van der Waals surface area contributed by atoms with Crippen LogP contribution in [0.4, 0.5) is 4.79 Å². The van der Waals surface area contributed by atoms with Crippen LogP contribution >= 0.6 is 0 Å². The van der Waals surface area contributed by atoms with E-state index in [1.165, 1.54) is 0 Å². The molecule has 0 spiro atoms. The Labute approximate surface area is 147 Å². The molecule has 0 saturated carbocycles. The maximum atomic E-state index is 12.2. The van der Waals surface area contributed by atoms with E-state index >= 15 is 0 Å². The zero-order valence-electron chi connectivity index (χ0n) is 17.1. The van der Waals surface area contributed by atoms with E-state index in [2.05, 4.69) is 26.4 Å². The molecule has 0 fully saturated rings. The second-order valence-electron chi connectivity index (χ2n) is 8.97. The molecule has 7 heteroatoms. The van der Waals surface area contributed by atoms with Crippen molar-refractivity contribution in [3.05, 3.63) is 0 Å². The predicted molar refractivity (Wildman–Crippen MR) is 97.9 cm³/mol. The Balaban J connectivity index is 5.18. The quantitative estimate of drug-likeness (QED) is 0.486. The Kier molecular flexibility index (Phi) is 7.83. The first kappa shape index (κ1) is 22.8. The summed E-state index contributed by atoms with van der Waals surface area (Å²) < 4.78 is 5.76. The van der Waals surface area contributed by atoms with Crippen LogP contribution in [-0.4, -0.2) is 35.0 Å². The summed E-state index contributed by atoms with van der Waals surface area (Å²) >= 11 is 0. The predicted octanol–water partition coefficient (Wildman–Crippen LogP) is 3.76. The largest absolute Gasteiger partial charge is 0.376 e. The highest BCUT2D eigenvalue weighted by Crippen LogP contribution is 2.26. The number of carbonyl (C=O) groups excluding carboxylic acids is 1. The van der Waals surface area contributed by atoms with Crippen LogP contribution in [0.1, 0.15) is 75.7 Å². The SMILES string of the molecule is CCOC(C)(C)CC(C)(/N=N/C(C)(C)C)NC(=O)NNC(C)(C)C. The number of ether oxygens (including phenoxy) is 1. The number of nitrogens with zero attached hydrogens (tertiary/aromatic N) is 2. The zero-order valence-corrected chi connectivity index (χ0v) is 17.1. The number of amides is 2. The molecule has 0 saturated heterocycles. The monoisotopic (exact) mass is 343 g/mol. The molecule has 1 unspecified atom stereocenters. The lowest BCUT2D eigenvalue weighted by atomic mass is 9.95. The van der Waals surface area contributed by atoms with Crippen LogP contribution in [0.15, 0.2) is 10.2 Å². The molecule has 0 aliphatic carbocycles. The number of hydrogen-bond acceptors (Lipinski definition) is 5. The fourth-order valence-corrected chi connectivity index (χ4v) is 2.16. The second-order valence-corrected chi connectivity index (χ2v) is 8.97. The van der Waals surface area contributed by atoms with Crippen molar-refractivity contribution in [2.45, 2.75) is 98.0 Å². The third-order valence-electron chi connectivity index (χ3n) is 2.81.